The highest BCUT2D eigenvalue weighted by molar-refractivity contribution is 6.80. The van der Waals surface area contributed by atoms with E-state index in [0.29, 0.717) is 11.1 Å². The van der Waals surface area contributed by atoms with Gasteiger partial charge in [-0.2, -0.15) is 0 Å². The fraction of sp³-hybridized carbons (Fsp3) is 0.333. The zero-order valence-electron chi connectivity index (χ0n) is 22.9. The zero-order chi connectivity index (χ0) is 25.6. The highest BCUT2D eigenvalue weighted by Gasteiger charge is 2.52. The monoisotopic (exact) mass is 500 g/mol. The van der Waals surface area contributed by atoms with Crippen molar-refractivity contribution in [3.8, 4) is 22.3 Å². The molecule has 188 valence electrons. The van der Waals surface area contributed by atoms with Crippen LogP contribution in [0.4, 0.5) is 0 Å². The highest BCUT2D eigenvalue weighted by atomic mass is 28.3. The van der Waals surface area contributed by atoms with Crippen LogP contribution in [-0.4, -0.2) is 8.07 Å². The van der Waals surface area contributed by atoms with Crippen LogP contribution in [0.3, 0.4) is 0 Å². The van der Waals surface area contributed by atoms with Gasteiger partial charge in [-0.05, 0) is 80.3 Å². The van der Waals surface area contributed by atoms with Crippen LogP contribution in [0.25, 0.3) is 22.3 Å². The summed E-state index contributed by atoms with van der Waals surface area (Å²) in [6.45, 7) is 10.3. The second-order valence-electron chi connectivity index (χ2n) is 12.0. The lowest BCUT2D eigenvalue weighted by atomic mass is 9.96. The van der Waals surface area contributed by atoms with Gasteiger partial charge in [0.1, 0.15) is 0 Å². The number of benzene rings is 4. The van der Waals surface area contributed by atoms with Gasteiger partial charge in [0.05, 0.1) is 8.07 Å². The van der Waals surface area contributed by atoms with Gasteiger partial charge in [0.25, 0.3) is 0 Å². The Bertz CT molecular complexity index is 1280. The van der Waals surface area contributed by atoms with Crippen LogP contribution >= 0.6 is 0 Å². The Morgan fingerprint density at radius 2 is 0.946 bits per heavy atom. The molecule has 0 fully saturated rings. The van der Waals surface area contributed by atoms with Crippen molar-refractivity contribution >= 4 is 8.07 Å². The molecular formula is C36H40Si. The minimum absolute atomic E-state index is 0.710. The van der Waals surface area contributed by atoms with Gasteiger partial charge in [-0.15, -0.1) is 0 Å². The molecule has 0 heterocycles. The molecule has 0 radical (unpaired) electrons. The Morgan fingerprint density at radius 3 is 1.32 bits per heavy atom. The van der Waals surface area contributed by atoms with Crippen molar-refractivity contribution in [1.29, 1.82) is 0 Å². The SMILES string of the molecule is CCC1Cc2c(-c3ccccc3)cccc2C1[Si](C)(C)C1c2cccc(-c3ccccc3)c2CC1CC. The lowest BCUT2D eigenvalue weighted by Gasteiger charge is -2.42. The normalized spacial score (nSPS) is 22.6. The first-order valence-corrected chi connectivity index (χ1v) is 17.5. The Hall–Kier alpha value is -2.90. The molecule has 0 saturated heterocycles. The minimum atomic E-state index is -1.76. The molecule has 4 aromatic rings. The van der Waals surface area contributed by atoms with Crippen LogP contribution in [-0.2, 0) is 12.8 Å². The van der Waals surface area contributed by atoms with E-state index in [9.17, 15) is 0 Å². The summed E-state index contributed by atoms with van der Waals surface area (Å²) in [7, 11) is -1.76. The third-order valence-electron chi connectivity index (χ3n) is 9.79. The maximum absolute atomic E-state index is 2.74. The Kier molecular flexibility index (Phi) is 6.45. The average Bonchev–Trinajstić information content (AvgIpc) is 3.53. The van der Waals surface area contributed by atoms with Gasteiger partial charge in [-0.25, -0.2) is 0 Å². The van der Waals surface area contributed by atoms with Gasteiger partial charge in [-0.1, -0.05) is 137 Å². The maximum atomic E-state index is 2.74. The smallest absolute Gasteiger partial charge is 0.0635 e. The highest BCUT2D eigenvalue weighted by Crippen LogP contribution is 2.56. The van der Waals surface area contributed by atoms with E-state index < -0.39 is 8.07 Å². The molecule has 0 amide bonds. The van der Waals surface area contributed by atoms with Crippen molar-refractivity contribution in [1.82, 2.24) is 0 Å². The minimum Gasteiger partial charge on any atom is -0.0684 e. The predicted octanol–water partition coefficient (Wildman–Crippen LogP) is 9.84. The fourth-order valence-electron chi connectivity index (χ4n) is 8.26. The second kappa shape index (κ2) is 9.76. The molecule has 0 aliphatic heterocycles. The van der Waals surface area contributed by atoms with E-state index in [1.807, 2.05) is 0 Å². The maximum Gasteiger partial charge on any atom is 0.0635 e. The number of hydrogen-bond donors (Lipinski definition) is 0. The molecule has 0 spiro atoms. The summed E-state index contributed by atoms with van der Waals surface area (Å²) >= 11 is 0. The Balaban J connectivity index is 1.47. The first kappa shape index (κ1) is 24.4. The predicted molar refractivity (Wildman–Crippen MR) is 162 cm³/mol. The quantitative estimate of drug-likeness (QED) is 0.231. The first-order valence-electron chi connectivity index (χ1n) is 14.4. The number of rotatable bonds is 6. The zero-order valence-corrected chi connectivity index (χ0v) is 23.9. The Labute approximate surface area is 224 Å². The van der Waals surface area contributed by atoms with Gasteiger partial charge in [0.15, 0.2) is 0 Å². The molecule has 4 atom stereocenters. The molecule has 6 rings (SSSR count). The molecule has 4 unspecified atom stereocenters. The lowest BCUT2D eigenvalue weighted by Crippen LogP contribution is -2.46. The molecule has 0 saturated carbocycles. The van der Waals surface area contributed by atoms with Crippen LogP contribution in [0, 0.1) is 11.8 Å². The standard InChI is InChI=1S/C36H40Si/c1-5-25-23-33-29(27-15-9-7-10-16-27)19-13-21-31(33)35(25)37(3,4)36-26(6-2)24-34-30(20-14-22-32(34)36)28-17-11-8-12-18-28/h7-22,25-26,35-36H,5-6,23-24H2,1-4H3. The van der Waals surface area contributed by atoms with Crippen molar-refractivity contribution in [2.75, 3.05) is 0 Å². The summed E-state index contributed by atoms with van der Waals surface area (Å²) in [6, 6.07) is 36.5. The van der Waals surface area contributed by atoms with E-state index in [1.165, 1.54) is 47.9 Å². The largest absolute Gasteiger partial charge is 0.0684 e. The van der Waals surface area contributed by atoms with E-state index in [-0.39, 0.29) is 0 Å². The molecule has 37 heavy (non-hydrogen) atoms. The van der Waals surface area contributed by atoms with E-state index in [4.69, 9.17) is 0 Å². The van der Waals surface area contributed by atoms with E-state index >= 15 is 0 Å². The third-order valence-corrected chi connectivity index (χ3v) is 14.6. The number of fused-ring (bicyclic) bond motifs is 2. The lowest BCUT2D eigenvalue weighted by molar-refractivity contribution is 0.476. The molecule has 0 nitrogen and oxygen atoms in total. The topological polar surface area (TPSA) is 0 Å². The summed E-state index contributed by atoms with van der Waals surface area (Å²) in [5, 5.41) is 0. The van der Waals surface area contributed by atoms with E-state index in [2.05, 4.69) is 124 Å². The molecule has 2 aliphatic carbocycles. The van der Waals surface area contributed by atoms with Gasteiger partial charge < -0.3 is 0 Å². The summed E-state index contributed by atoms with van der Waals surface area (Å²) in [4.78, 5) is 0. The molecule has 0 bridgehead atoms. The fourth-order valence-corrected chi connectivity index (χ4v) is 13.9. The van der Waals surface area contributed by atoms with Crippen LogP contribution in [0.15, 0.2) is 97.1 Å². The summed E-state index contributed by atoms with van der Waals surface area (Å²) in [5.41, 5.74) is 13.7. The molecule has 0 N–H and O–H groups in total. The average molecular weight is 501 g/mol. The Morgan fingerprint density at radius 1 is 0.541 bits per heavy atom. The third kappa shape index (κ3) is 4.03. The van der Waals surface area contributed by atoms with Crippen molar-refractivity contribution in [3.05, 3.63) is 119 Å². The van der Waals surface area contributed by atoms with Gasteiger partial charge >= 0.3 is 0 Å². The van der Waals surface area contributed by atoms with Gasteiger partial charge in [-0.3, -0.25) is 0 Å². The van der Waals surface area contributed by atoms with E-state index in [1.54, 1.807) is 22.3 Å². The molecule has 2 aliphatic rings. The summed E-state index contributed by atoms with van der Waals surface area (Å²) < 4.78 is 0. The first-order chi connectivity index (χ1) is 18.0. The van der Waals surface area contributed by atoms with Gasteiger partial charge in [0, 0.05) is 0 Å². The summed E-state index contributed by atoms with van der Waals surface area (Å²) in [5.74, 6) is 1.50. The van der Waals surface area contributed by atoms with Crippen molar-refractivity contribution < 1.29 is 0 Å². The van der Waals surface area contributed by atoms with Crippen LogP contribution < -0.4 is 0 Å². The van der Waals surface area contributed by atoms with Crippen LogP contribution in [0.5, 0.6) is 0 Å². The molecule has 0 aromatic heterocycles. The summed E-state index contributed by atoms with van der Waals surface area (Å²) in [6.07, 6.45) is 5.01. The molecular weight excluding hydrogens is 460 g/mol. The second-order valence-corrected chi connectivity index (χ2v) is 16.9. The van der Waals surface area contributed by atoms with Crippen molar-refractivity contribution in [3.63, 3.8) is 0 Å². The molecule has 1 heteroatoms. The van der Waals surface area contributed by atoms with Crippen LogP contribution in [0.2, 0.25) is 13.1 Å². The van der Waals surface area contributed by atoms with Crippen molar-refractivity contribution in [2.24, 2.45) is 11.8 Å². The van der Waals surface area contributed by atoms with Crippen LogP contribution in [0.1, 0.15) is 60.0 Å². The van der Waals surface area contributed by atoms with Gasteiger partial charge in [0.2, 0.25) is 0 Å². The van der Waals surface area contributed by atoms with Crippen molar-refractivity contribution in [2.45, 2.75) is 63.7 Å². The van der Waals surface area contributed by atoms with E-state index in [0.717, 1.165) is 11.8 Å². The molecule has 4 aromatic carbocycles. The number of hydrogen-bond acceptors (Lipinski definition) is 0.